The Bertz CT molecular complexity index is 914. The van der Waals surface area contributed by atoms with Gasteiger partial charge in [-0.2, -0.15) is 9.97 Å². The number of anilines is 3. The van der Waals surface area contributed by atoms with Gasteiger partial charge >= 0.3 is 0 Å². The van der Waals surface area contributed by atoms with Crippen LogP contribution in [0.1, 0.15) is 31.7 Å². The molecule has 1 aromatic carbocycles. The van der Waals surface area contributed by atoms with Gasteiger partial charge in [-0.3, -0.25) is 0 Å². The number of nitrogens with one attached hydrogen (secondary N) is 2. The normalized spacial score (nSPS) is 17.2. The molecule has 178 valence electrons. The van der Waals surface area contributed by atoms with Crippen LogP contribution in [0.4, 0.5) is 22.0 Å². The lowest BCUT2D eigenvalue weighted by atomic mass is 9.99. The molecule has 2 saturated heterocycles. The van der Waals surface area contributed by atoms with Crippen molar-refractivity contribution >= 4 is 34.9 Å². The minimum absolute atomic E-state index is 0.208. The van der Waals surface area contributed by atoms with E-state index in [1.165, 1.54) is 25.0 Å². The number of morpholine rings is 1. The molecule has 2 aromatic rings. The van der Waals surface area contributed by atoms with Crippen molar-refractivity contribution in [3.8, 4) is 0 Å². The molecule has 0 bridgehead atoms. The van der Waals surface area contributed by atoms with Crippen molar-refractivity contribution in [3.05, 3.63) is 41.7 Å². The van der Waals surface area contributed by atoms with Crippen molar-refractivity contribution in [2.75, 3.05) is 61.1 Å². The van der Waals surface area contributed by atoms with Crippen LogP contribution in [0.25, 0.3) is 0 Å². The van der Waals surface area contributed by atoms with Crippen molar-refractivity contribution in [1.82, 2.24) is 15.3 Å². The zero-order valence-corrected chi connectivity index (χ0v) is 20.0. The molecule has 2 aliphatic rings. The molecule has 9 heteroatoms. The largest absolute Gasteiger partial charge is 0.378 e. The van der Waals surface area contributed by atoms with Crippen molar-refractivity contribution in [2.45, 2.75) is 32.6 Å². The van der Waals surface area contributed by atoms with Gasteiger partial charge in [-0.1, -0.05) is 19.1 Å². The predicted molar refractivity (Wildman–Crippen MR) is 135 cm³/mol. The zero-order chi connectivity index (χ0) is 23.0. The number of rotatable bonds is 7. The Morgan fingerprint density at radius 1 is 1.06 bits per heavy atom. The van der Waals surface area contributed by atoms with Gasteiger partial charge in [0.25, 0.3) is 0 Å². The summed E-state index contributed by atoms with van der Waals surface area (Å²) < 4.78 is 18.5. The maximum Gasteiger partial charge on any atom is 0.232 e. The van der Waals surface area contributed by atoms with Crippen LogP contribution in [0.3, 0.4) is 0 Å². The Balaban J connectivity index is 1.36. The Kier molecular flexibility index (Phi) is 8.28. The standard InChI is InChI=1S/C24H33FN6OS/c1-18-8-11-30(12-9-18)21-17-22(31-13-15-32-16-14-31)28-23(27-21)29-24(33)26-10-2-3-19-4-6-20(25)7-5-19/h4-7,17-18H,2-3,8-16H2,1H3,(H2,26,27,28,29,33). The van der Waals surface area contributed by atoms with E-state index in [1.54, 1.807) is 0 Å². The number of halogens is 1. The molecule has 2 N–H and O–H groups in total. The van der Waals surface area contributed by atoms with Gasteiger partial charge in [0.2, 0.25) is 5.95 Å². The fraction of sp³-hybridized carbons (Fsp3) is 0.542. The smallest absolute Gasteiger partial charge is 0.232 e. The number of benzene rings is 1. The van der Waals surface area contributed by atoms with Crippen molar-refractivity contribution in [3.63, 3.8) is 0 Å². The average Bonchev–Trinajstić information content (AvgIpc) is 2.84. The summed E-state index contributed by atoms with van der Waals surface area (Å²) in [7, 11) is 0. The second-order valence-electron chi connectivity index (χ2n) is 8.79. The molecule has 4 rings (SSSR count). The first kappa shape index (κ1) is 23.6. The number of aromatic nitrogens is 2. The summed E-state index contributed by atoms with van der Waals surface area (Å²) in [6.07, 6.45) is 4.09. The second-order valence-corrected chi connectivity index (χ2v) is 9.20. The first-order valence-corrected chi connectivity index (χ1v) is 12.2. The third-order valence-corrected chi connectivity index (χ3v) is 6.45. The predicted octanol–water partition coefficient (Wildman–Crippen LogP) is 3.61. The highest BCUT2D eigenvalue weighted by atomic mass is 32.1. The van der Waals surface area contributed by atoms with Crippen molar-refractivity contribution < 1.29 is 9.13 Å². The molecule has 2 aliphatic heterocycles. The number of aryl methyl sites for hydroxylation is 1. The van der Waals surface area contributed by atoms with E-state index in [-0.39, 0.29) is 5.82 Å². The second kappa shape index (κ2) is 11.6. The summed E-state index contributed by atoms with van der Waals surface area (Å²) in [6, 6.07) is 8.72. The maximum atomic E-state index is 13.0. The monoisotopic (exact) mass is 472 g/mol. The van der Waals surface area contributed by atoms with Crippen LogP contribution in [0.2, 0.25) is 0 Å². The topological polar surface area (TPSA) is 65.6 Å². The van der Waals surface area contributed by atoms with E-state index in [2.05, 4.69) is 33.4 Å². The molecular weight excluding hydrogens is 439 g/mol. The van der Waals surface area contributed by atoms with Gasteiger partial charge in [-0.15, -0.1) is 0 Å². The summed E-state index contributed by atoms with van der Waals surface area (Å²) in [5, 5.41) is 6.92. The molecule has 0 atom stereocenters. The van der Waals surface area contributed by atoms with Gasteiger partial charge in [0.05, 0.1) is 13.2 Å². The van der Waals surface area contributed by atoms with E-state index in [1.807, 2.05) is 12.1 Å². The van der Waals surface area contributed by atoms with E-state index in [0.29, 0.717) is 30.8 Å². The Morgan fingerprint density at radius 3 is 2.36 bits per heavy atom. The van der Waals surface area contributed by atoms with Crippen LogP contribution in [0, 0.1) is 11.7 Å². The van der Waals surface area contributed by atoms with E-state index in [9.17, 15) is 4.39 Å². The van der Waals surface area contributed by atoms with Crippen LogP contribution in [-0.2, 0) is 11.2 Å². The minimum atomic E-state index is -0.208. The minimum Gasteiger partial charge on any atom is -0.378 e. The number of nitrogens with zero attached hydrogens (tertiary/aromatic N) is 4. The molecular formula is C24H33FN6OS. The fourth-order valence-corrected chi connectivity index (χ4v) is 4.32. The molecule has 0 unspecified atom stereocenters. The average molecular weight is 473 g/mol. The molecule has 0 radical (unpaired) electrons. The summed E-state index contributed by atoms with van der Waals surface area (Å²) in [5.74, 6) is 2.92. The van der Waals surface area contributed by atoms with E-state index < -0.39 is 0 Å². The maximum absolute atomic E-state index is 13.0. The molecule has 2 fully saturated rings. The van der Waals surface area contributed by atoms with Crippen LogP contribution in [0.5, 0.6) is 0 Å². The molecule has 0 saturated carbocycles. The Hall–Kier alpha value is -2.52. The van der Waals surface area contributed by atoms with Crippen LogP contribution in [0.15, 0.2) is 30.3 Å². The molecule has 0 spiro atoms. The van der Waals surface area contributed by atoms with Crippen LogP contribution in [-0.4, -0.2) is 61.0 Å². The summed E-state index contributed by atoms with van der Waals surface area (Å²) >= 11 is 5.50. The molecule has 0 aliphatic carbocycles. The van der Waals surface area contributed by atoms with Gasteiger partial charge in [0.15, 0.2) is 5.11 Å². The SMILES string of the molecule is CC1CCN(c2cc(N3CCOCC3)nc(NC(=S)NCCCc3ccc(F)cc3)n2)CC1. The lowest BCUT2D eigenvalue weighted by molar-refractivity contribution is 0.122. The number of thiocarbonyl (C=S) groups is 1. The van der Waals surface area contributed by atoms with E-state index in [4.69, 9.17) is 26.9 Å². The number of piperidine rings is 1. The quantitative estimate of drug-likeness (QED) is 0.468. The van der Waals surface area contributed by atoms with Gasteiger partial charge in [-0.05, 0) is 61.5 Å². The van der Waals surface area contributed by atoms with Gasteiger partial charge < -0.3 is 25.2 Å². The lowest BCUT2D eigenvalue weighted by Crippen LogP contribution is -2.38. The lowest BCUT2D eigenvalue weighted by Gasteiger charge is -2.33. The fourth-order valence-electron chi connectivity index (χ4n) is 4.12. The van der Waals surface area contributed by atoms with Crippen molar-refractivity contribution in [1.29, 1.82) is 0 Å². The highest BCUT2D eigenvalue weighted by molar-refractivity contribution is 7.80. The van der Waals surface area contributed by atoms with Gasteiger partial charge in [0.1, 0.15) is 17.5 Å². The molecule has 33 heavy (non-hydrogen) atoms. The Morgan fingerprint density at radius 2 is 1.70 bits per heavy atom. The highest BCUT2D eigenvalue weighted by Gasteiger charge is 2.21. The number of hydrogen-bond acceptors (Lipinski definition) is 6. The Labute approximate surface area is 200 Å². The van der Waals surface area contributed by atoms with Gasteiger partial charge in [-0.25, -0.2) is 4.39 Å². The molecule has 7 nitrogen and oxygen atoms in total. The summed E-state index contributed by atoms with van der Waals surface area (Å²) in [5.41, 5.74) is 1.11. The highest BCUT2D eigenvalue weighted by Crippen LogP contribution is 2.26. The molecule has 0 amide bonds. The van der Waals surface area contributed by atoms with Crippen LogP contribution >= 0.6 is 12.2 Å². The summed E-state index contributed by atoms with van der Waals surface area (Å²) in [4.78, 5) is 14.1. The first-order valence-electron chi connectivity index (χ1n) is 11.8. The third-order valence-electron chi connectivity index (χ3n) is 6.21. The number of ether oxygens (including phenoxy) is 1. The summed E-state index contributed by atoms with van der Waals surface area (Å²) in [6.45, 7) is 8.08. The number of hydrogen-bond donors (Lipinski definition) is 2. The van der Waals surface area contributed by atoms with Gasteiger partial charge in [0, 0.05) is 38.8 Å². The first-order chi connectivity index (χ1) is 16.1. The van der Waals surface area contributed by atoms with E-state index in [0.717, 1.165) is 62.1 Å². The van der Waals surface area contributed by atoms with Crippen LogP contribution < -0.4 is 20.4 Å². The zero-order valence-electron chi connectivity index (χ0n) is 19.2. The van der Waals surface area contributed by atoms with Crippen molar-refractivity contribution in [2.24, 2.45) is 5.92 Å². The van der Waals surface area contributed by atoms with E-state index >= 15 is 0 Å². The molecule has 3 heterocycles. The third kappa shape index (κ3) is 6.98. The molecule has 1 aromatic heterocycles.